The molecule has 1 N–H and O–H groups in total. The second-order valence-corrected chi connectivity index (χ2v) is 28.9. The minimum absolute atomic E-state index is 0.0171. The first-order chi connectivity index (χ1) is 44.0. The fourth-order valence-corrected chi connectivity index (χ4v) is 17.8. The van der Waals surface area contributed by atoms with Gasteiger partial charge in [-0.05, 0) is 177 Å². The van der Waals surface area contributed by atoms with Crippen molar-refractivity contribution in [3.05, 3.63) is 191 Å². The van der Waals surface area contributed by atoms with Crippen LogP contribution in [0.3, 0.4) is 0 Å². The molecule has 486 valence electrons. The predicted molar refractivity (Wildman–Crippen MR) is 339 cm³/mol. The third-order valence-electron chi connectivity index (χ3n) is 23.0. The number of ether oxygens (including phenoxy) is 9. The van der Waals surface area contributed by atoms with Crippen molar-refractivity contribution in [2.24, 2.45) is 50.2 Å². The average Bonchev–Trinajstić information content (AvgIpc) is 0.678. The molecule has 16 heteroatoms. The molecule has 0 aromatic heterocycles. The molecule has 4 saturated carbocycles. The first-order valence-electron chi connectivity index (χ1n) is 32.8. The van der Waals surface area contributed by atoms with Crippen LogP contribution in [0.15, 0.2) is 163 Å². The van der Waals surface area contributed by atoms with E-state index >= 15 is 0 Å². The average molecular weight is 1260 g/mol. The van der Waals surface area contributed by atoms with E-state index in [2.05, 4.69) is 54.5 Å². The molecule has 0 amide bonds. The third-order valence-corrected chi connectivity index (χ3v) is 23.0. The molecular weight excluding hydrogens is 1170 g/mol. The van der Waals surface area contributed by atoms with Crippen LogP contribution >= 0.6 is 0 Å². The van der Waals surface area contributed by atoms with Gasteiger partial charge in [0, 0.05) is 0 Å². The lowest BCUT2D eigenvalue weighted by atomic mass is 9.33. The van der Waals surface area contributed by atoms with Gasteiger partial charge >= 0.3 is 35.8 Å². The number of rotatable bonds is 15. The number of aliphatic carboxylic acids is 1. The minimum Gasteiger partial charge on any atom is -0.481 e. The number of hydrogen-bond acceptors (Lipinski definition) is 15. The normalized spacial score (nSPS) is 35.1. The Morgan fingerprint density at radius 3 is 1.46 bits per heavy atom. The van der Waals surface area contributed by atoms with Crippen molar-refractivity contribution in [3.63, 3.8) is 0 Å². The highest BCUT2D eigenvalue weighted by atomic mass is 16.8. The van der Waals surface area contributed by atoms with E-state index in [0.29, 0.717) is 19.3 Å². The highest BCUT2D eigenvalue weighted by Gasteiger charge is 2.70. The molecule has 5 aromatic carbocycles. The van der Waals surface area contributed by atoms with Gasteiger partial charge in [0.25, 0.3) is 0 Å². The van der Waals surface area contributed by atoms with Gasteiger partial charge < -0.3 is 47.7 Å². The van der Waals surface area contributed by atoms with E-state index in [1.165, 1.54) is 5.57 Å². The first-order valence-corrected chi connectivity index (χ1v) is 32.8. The van der Waals surface area contributed by atoms with E-state index in [9.17, 15) is 33.9 Å². The van der Waals surface area contributed by atoms with Crippen molar-refractivity contribution >= 4 is 35.8 Å². The number of esters is 5. The Morgan fingerprint density at radius 1 is 0.478 bits per heavy atom. The summed E-state index contributed by atoms with van der Waals surface area (Å²) in [5.74, 6) is -4.26. The summed E-state index contributed by atoms with van der Waals surface area (Å²) in [6, 6.07) is 41.3. The number of carboxylic acid groups (broad SMARTS) is 1. The minimum atomic E-state index is -1.73. The van der Waals surface area contributed by atoms with Crippen LogP contribution in [0.5, 0.6) is 0 Å². The second kappa shape index (κ2) is 25.4. The highest BCUT2D eigenvalue weighted by molar-refractivity contribution is 5.92. The van der Waals surface area contributed by atoms with Gasteiger partial charge in [-0.25, -0.2) is 24.0 Å². The van der Waals surface area contributed by atoms with Crippen LogP contribution in [0.25, 0.3) is 0 Å². The maximum absolute atomic E-state index is 14.7. The number of allylic oxidation sites excluding steroid dienone is 2. The van der Waals surface area contributed by atoms with E-state index in [0.717, 1.165) is 44.9 Å². The predicted octanol–water partition coefficient (Wildman–Crippen LogP) is 13.9. The fourth-order valence-electron chi connectivity index (χ4n) is 17.8. The van der Waals surface area contributed by atoms with Gasteiger partial charge in [-0.2, -0.15) is 0 Å². The lowest BCUT2D eigenvalue weighted by molar-refractivity contribution is -0.362. The third kappa shape index (κ3) is 11.9. The number of benzene rings is 5. The van der Waals surface area contributed by atoms with Crippen molar-refractivity contribution in [1.82, 2.24) is 0 Å². The monoisotopic (exact) mass is 1250 g/mol. The number of carboxylic acids is 1. The Balaban J connectivity index is 0.920. The lowest BCUT2D eigenvalue weighted by Gasteiger charge is -2.71. The number of carbonyl (C=O) groups is 6. The summed E-state index contributed by atoms with van der Waals surface area (Å²) in [5, 5.41) is 11.0. The molecule has 2 heterocycles. The molecule has 17 atom stereocenters. The summed E-state index contributed by atoms with van der Waals surface area (Å²) in [7, 11) is 0. The molecule has 5 aromatic rings. The topological polar surface area (TPSA) is 206 Å². The van der Waals surface area contributed by atoms with Crippen molar-refractivity contribution < 1.29 is 76.5 Å². The number of hydrogen-bond donors (Lipinski definition) is 1. The Labute approximate surface area is 539 Å². The molecule has 6 fully saturated rings. The Hall–Kier alpha value is -7.50. The maximum atomic E-state index is 14.7. The molecule has 0 spiro atoms. The zero-order chi connectivity index (χ0) is 65.0. The van der Waals surface area contributed by atoms with Crippen LogP contribution in [-0.2, 0) is 47.4 Å². The summed E-state index contributed by atoms with van der Waals surface area (Å²) >= 11 is 0. The molecule has 12 rings (SSSR count). The standard InChI is InChI=1S/C76H86O16/c1-46-58(88-64(78)48-26-16-10-17-27-48)60(90-66(80)50-30-20-12-21-31-50)62(91-67(81)51-32-22-13-23-33-51)69(85-46)92-61-59(89-65(79)49-28-18-11-19-29-49)54(86-63(77)47-24-14-9-15-25-47)45-84-68(61)87-57-37-38-73(6)55(72(57,4)5)36-39-75(8)56(73)35-34-52-53-44-71(2,3)40-42-76(53,70(82)83)43-41-74(52,75)7/h9-34,46,53-62,68-69H,35-45H2,1-8H3,(H,82,83)/t46-,53-,54+,55-,56+,57-,58-,59-,60+,61+,62+,68-,69-,73-,74+,75+,76-/m0/s1. The summed E-state index contributed by atoms with van der Waals surface area (Å²) < 4.78 is 60.3. The van der Waals surface area contributed by atoms with Crippen LogP contribution in [-0.4, -0.2) is 109 Å². The lowest BCUT2D eigenvalue weighted by Crippen LogP contribution is -2.66. The molecule has 5 aliphatic carbocycles. The maximum Gasteiger partial charge on any atom is 0.338 e. The second-order valence-electron chi connectivity index (χ2n) is 28.9. The summed E-state index contributed by atoms with van der Waals surface area (Å²) in [4.78, 5) is 85.6. The van der Waals surface area contributed by atoms with Crippen LogP contribution in [0, 0.1) is 50.2 Å². The molecule has 0 radical (unpaired) electrons. The molecule has 0 bridgehead atoms. The van der Waals surface area contributed by atoms with Crippen LogP contribution in [0.2, 0.25) is 0 Å². The summed E-state index contributed by atoms with van der Waals surface area (Å²) in [5.41, 5.74) is 0.507. The number of carbonyl (C=O) groups excluding carboxylic acids is 5. The van der Waals surface area contributed by atoms with E-state index in [4.69, 9.17) is 42.6 Å². The molecule has 2 saturated heterocycles. The van der Waals surface area contributed by atoms with Crippen LogP contribution in [0.1, 0.15) is 171 Å². The van der Waals surface area contributed by atoms with Gasteiger partial charge in [0.2, 0.25) is 0 Å². The largest absolute Gasteiger partial charge is 0.481 e. The molecule has 0 unspecified atom stereocenters. The van der Waals surface area contributed by atoms with E-state index in [1.807, 2.05) is 0 Å². The van der Waals surface area contributed by atoms with E-state index in [-0.39, 0.29) is 73.8 Å². The first kappa shape index (κ1) is 64.6. The van der Waals surface area contributed by atoms with Gasteiger partial charge in [-0.1, -0.05) is 151 Å². The highest BCUT2D eigenvalue weighted by Crippen LogP contribution is 2.76. The molecule has 2 aliphatic heterocycles. The fraction of sp³-hybridized carbons (Fsp3) is 0.500. The van der Waals surface area contributed by atoms with Gasteiger partial charge in [0.05, 0.1) is 52.0 Å². The molecular formula is C76H86O16. The molecule has 16 nitrogen and oxygen atoms in total. The van der Waals surface area contributed by atoms with Gasteiger partial charge in [0.15, 0.2) is 49.2 Å². The van der Waals surface area contributed by atoms with Crippen molar-refractivity contribution in [3.8, 4) is 0 Å². The van der Waals surface area contributed by atoms with Crippen molar-refractivity contribution in [2.75, 3.05) is 6.61 Å². The Kier molecular flexibility index (Phi) is 17.9. The number of fused-ring (bicyclic) bond motifs is 7. The van der Waals surface area contributed by atoms with Gasteiger partial charge in [-0.15, -0.1) is 0 Å². The Bertz CT molecular complexity index is 3540. The van der Waals surface area contributed by atoms with Crippen LogP contribution < -0.4 is 0 Å². The smallest absolute Gasteiger partial charge is 0.338 e. The van der Waals surface area contributed by atoms with Gasteiger partial charge in [0.1, 0.15) is 0 Å². The molecule has 7 aliphatic rings. The SMILES string of the molecule is C[C@@H]1O[C@@H](O[C@H]2[C@H](O[C@H]3CC[C@]4(C)[C@H]5CC=C6[C@@H]7CC(C)(C)CC[C@]7(C(=O)O)CC[C@@]6(C)[C@]5(C)CC[C@H]4C3(C)C)OC[C@@H](OC(=O)c3ccccc3)[C@@H]2OC(=O)c2ccccc2)[C@H](OC(=O)c2ccccc2)[C@H](OC(=O)c2ccccc2)[C@H]1OC(=O)c1ccccc1. The quantitative estimate of drug-likeness (QED) is 0.0448. The van der Waals surface area contributed by atoms with Crippen molar-refractivity contribution in [1.29, 1.82) is 0 Å². The van der Waals surface area contributed by atoms with Gasteiger partial charge in [-0.3, -0.25) is 4.79 Å². The van der Waals surface area contributed by atoms with E-state index in [1.54, 1.807) is 159 Å². The Morgan fingerprint density at radius 2 is 0.946 bits per heavy atom. The van der Waals surface area contributed by atoms with Crippen molar-refractivity contribution in [2.45, 2.75) is 181 Å². The zero-order valence-electron chi connectivity index (χ0n) is 53.9. The van der Waals surface area contributed by atoms with E-state index < -0.39 is 108 Å². The zero-order valence-corrected chi connectivity index (χ0v) is 53.9. The summed E-state index contributed by atoms with van der Waals surface area (Å²) in [6.07, 6.45) is -3.48. The van der Waals surface area contributed by atoms with Crippen LogP contribution in [0.4, 0.5) is 0 Å². The molecule has 92 heavy (non-hydrogen) atoms. The summed E-state index contributed by atoms with van der Waals surface area (Å²) in [6.45, 7) is 17.8.